The molecule has 222 valence electrons. The number of aliphatic carboxylic acids is 1. The van der Waals surface area contributed by atoms with E-state index in [1.54, 1.807) is 19.2 Å². The lowest BCUT2D eigenvalue weighted by molar-refractivity contribution is -0.138. The Morgan fingerprint density at radius 2 is 1.73 bits per heavy atom. The van der Waals surface area contributed by atoms with Gasteiger partial charge in [0.05, 0.1) is 12.1 Å². The zero-order valence-electron chi connectivity index (χ0n) is 24.6. The molecule has 1 aliphatic heterocycles. The van der Waals surface area contributed by atoms with Gasteiger partial charge in [0.1, 0.15) is 5.69 Å². The predicted octanol–water partition coefficient (Wildman–Crippen LogP) is 3.88. The van der Waals surface area contributed by atoms with Gasteiger partial charge in [0, 0.05) is 37.3 Å². The molecular weight excluding hydrogens is 524 g/mol. The first kappa shape index (κ1) is 30.1. The van der Waals surface area contributed by atoms with Crippen LogP contribution in [-0.4, -0.2) is 73.8 Å². The summed E-state index contributed by atoms with van der Waals surface area (Å²) in [6, 6.07) is 7.93. The van der Waals surface area contributed by atoms with Crippen LogP contribution in [0.25, 0.3) is 0 Å². The minimum atomic E-state index is -1.25. The van der Waals surface area contributed by atoms with Gasteiger partial charge in [0.15, 0.2) is 6.17 Å². The lowest BCUT2D eigenvalue weighted by atomic mass is 9.82. The molecule has 0 spiro atoms. The highest BCUT2D eigenvalue weighted by Crippen LogP contribution is 2.29. The fourth-order valence-corrected chi connectivity index (χ4v) is 5.75. The highest BCUT2D eigenvalue weighted by atomic mass is 16.4. The van der Waals surface area contributed by atoms with Gasteiger partial charge in [-0.15, -0.1) is 0 Å². The van der Waals surface area contributed by atoms with Gasteiger partial charge in [-0.3, -0.25) is 24.0 Å². The third kappa shape index (κ3) is 7.07. The molecule has 0 bridgehead atoms. The van der Waals surface area contributed by atoms with Crippen LogP contribution in [0.3, 0.4) is 0 Å². The van der Waals surface area contributed by atoms with E-state index in [0.717, 1.165) is 43.4 Å². The monoisotopic (exact) mass is 566 g/mol. The fraction of sp³-hybridized carbons (Fsp3) is 0.567. The summed E-state index contributed by atoms with van der Waals surface area (Å²) < 4.78 is 1.50. The first-order chi connectivity index (χ1) is 19.3. The van der Waals surface area contributed by atoms with Gasteiger partial charge >= 0.3 is 12.0 Å². The average Bonchev–Trinajstić information content (AvgIpc) is 3.52. The minimum Gasteiger partial charge on any atom is -0.481 e. The maximum atomic E-state index is 14.0. The molecule has 2 aromatic rings. The number of aromatic nitrogens is 2. The normalized spacial score (nSPS) is 18.7. The summed E-state index contributed by atoms with van der Waals surface area (Å²) in [4.78, 5) is 55.8. The number of anilines is 1. The van der Waals surface area contributed by atoms with E-state index in [1.165, 1.54) is 14.5 Å². The van der Waals surface area contributed by atoms with Crippen molar-refractivity contribution in [1.29, 1.82) is 0 Å². The van der Waals surface area contributed by atoms with Crippen molar-refractivity contribution < 1.29 is 24.3 Å². The van der Waals surface area contributed by atoms with Crippen molar-refractivity contribution in [3.05, 3.63) is 47.3 Å². The molecule has 1 aromatic heterocycles. The molecule has 1 saturated heterocycles. The van der Waals surface area contributed by atoms with Gasteiger partial charge in [0.2, 0.25) is 0 Å². The number of aryl methyl sites for hydroxylation is 2. The zero-order chi connectivity index (χ0) is 29.9. The van der Waals surface area contributed by atoms with Crippen molar-refractivity contribution >= 4 is 29.5 Å². The number of carbonyl (C=O) groups excluding carboxylic acids is 3. The third-order valence-corrected chi connectivity index (χ3v) is 8.01. The van der Waals surface area contributed by atoms with Crippen LogP contribution in [0.4, 0.5) is 10.5 Å². The van der Waals surface area contributed by atoms with Crippen LogP contribution >= 0.6 is 0 Å². The summed E-state index contributed by atoms with van der Waals surface area (Å²) in [5.41, 5.74) is 2.29. The molecule has 0 radical (unpaired) electrons. The van der Waals surface area contributed by atoms with E-state index in [9.17, 15) is 24.3 Å². The second-order valence-corrected chi connectivity index (χ2v) is 12.3. The Morgan fingerprint density at radius 3 is 2.34 bits per heavy atom. The van der Waals surface area contributed by atoms with Crippen LogP contribution in [0.15, 0.2) is 30.3 Å². The van der Waals surface area contributed by atoms with Gasteiger partial charge in [-0.2, -0.15) is 5.10 Å². The first-order valence-electron chi connectivity index (χ1n) is 14.4. The Labute approximate surface area is 241 Å². The van der Waals surface area contributed by atoms with E-state index >= 15 is 0 Å². The number of carbonyl (C=O) groups is 4. The lowest BCUT2D eigenvalue weighted by Crippen LogP contribution is -2.57. The summed E-state index contributed by atoms with van der Waals surface area (Å²) >= 11 is 0. The topological polar surface area (TPSA) is 137 Å². The number of nitrogens with one attached hydrogen (secondary N) is 2. The van der Waals surface area contributed by atoms with Crippen LogP contribution < -0.4 is 10.6 Å². The van der Waals surface area contributed by atoms with E-state index in [1.807, 2.05) is 45.9 Å². The van der Waals surface area contributed by atoms with E-state index in [2.05, 4.69) is 15.7 Å². The van der Waals surface area contributed by atoms with Crippen LogP contribution in [0.5, 0.6) is 0 Å². The summed E-state index contributed by atoms with van der Waals surface area (Å²) in [7, 11) is 1.68. The molecule has 2 fully saturated rings. The Hall–Kier alpha value is -3.89. The van der Waals surface area contributed by atoms with Gasteiger partial charge in [-0.25, -0.2) is 4.79 Å². The van der Waals surface area contributed by atoms with Crippen LogP contribution in [0.1, 0.15) is 81.0 Å². The summed E-state index contributed by atoms with van der Waals surface area (Å²) in [6.45, 7) is 8.19. The van der Waals surface area contributed by atoms with Crippen LogP contribution in [0, 0.1) is 12.8 Å². The largest absolute Gasteiger partial charge is 0.481 e. The number of hydrogen-bond acceptors (Lipinski definition) is 5. The maximum Gasteiger partial charge on any atom is 0.323 e. The van der Waals surface area contributed by atoms with Crippen molar-refractivity contribution in [3.8, 4) is 0 Å². The Kier molecular flexibility index (Phi) is 9.04. The second kappa shape index (κ2) is 12.3. The van der Waals surface area contributed by atoms with Crippen molar-refractivity contribution in [2.75, 3.05) is 18.4 Å². The molecule has 1 aliphatic carbocycles. The number of rotatable bonds is 7. The van der Waals surface area contributed by atoms with Crippen molar-refractivity contribution in [2.45, 2.75) is 83.8 Å². The summed E-state index contributed by atoms with van der Waals surface area (Å²) in [5.74, 6) is -1.96. The van der Waals surface area contributed by atoms with Crippen LogP contribution in [-0.2, 0) is 22.1 Å². The molecule has 2 aliphatic rings. The molecule has 2 unspecified atom stereocenters. The Bertz CT molecular complexity index is 1290. The fourth-order valence-electron chi connectivity index (χ4n) is 5.75. The van der Waals surface area contributed by atoms with E-state index < -0.39 is 36.0 Å². The second-order valence-electron chi connectivity index (χ2n) is 12.3. The molecular formula is C30H42N6O5. The smallest absolute Gasteiger partial charge is 0.323 e. The van der Waals surface area contributed by atoms with Crippen molar-refractivity contribution in [3.63, 3.8) is 0 Å². The van der Waals surface area contributed by atoms with Gasteiger partial charge in [0.25, 0.3) is 11.8 Å². The number of carboxylic acid groups (broad SMARTS) is 1. The molecule has 4 amide bonds. The SMILES string of the molecule is Cc1cccc(NC(=O)N2CCN(C(=O)c3cc(C(C)(C)C)nn3C)C2C(=O)NC(CC(=O)O)C2CCCCC2)c1. The van der Waals surface area contributed by atoms with Crippen LogP contribution in [0.2, 0.25) is 0 Å². The highest BCUT2D eigenvalue weighted by Gasteiger charge is 2.45. The summed E-state index contributed by atoms with van der Waals surface area (Å²) in [5, 5.41) is 19.9. The van der Waals surface area contributed by atoms with E-state index in [4.69, 9.17) is 0 Å². The Balaban J connectivity index is 1.64. The highest BCUT2D eigenvalue weighted by molar-refractivity contribution is 6.00. The number of nitrogens with zero attached hydrogens (tertiary/aromatic N) is 4. The predicted molar refractivity (Wildman–Crippen MR) is 154 cm³/mol. The number of hydrogen-bond donors (Lipinski definition) is 3. The molecule has 2 atom stereocenters. The molecule has 2 heterocycles. The average molecular weight is 567 g/mol. The van der Waals surface area contributed by atoms with Crippen molar-refractivity contribution in [2.24, 2.45) is 13.0 Å². The van der Waals surface area contributed by atoms with Gasteiger partial charge in [-0.1, -0.05) is 52.2 Å². The molecule has 3 N–H and O–H groups in total. The third-order valence-electron chi connectivity index (χ3n) is 8.01. The molecule has 41 heavy (non-hydrogen) atoms. The van der Waals surface area contributed by atoms with E-state index in [0.29, 0.717) is 11.4 Å². The lowest BCUT2D eigenvalue weighted by Gasteiger charge is -2.34. The molecule has 11 nitrogen and oxygen atoms in total. The number of benzene rings is 1. The van der Waals surface area contributed by atoms with Gasteiger partial charge in [-0.05, 0) is 49.4 Å². The zero-order valence-corrected chi connectivity index (χ0v) is 24.6. The van der Waals surface area contributed by atoms with Crippen molar-refractivity contribution in [1.82, 2.24) is 24.9 Å². The quantitative estimate of drug-likeness (QED) is 0.465. The first-order valence-corrected chi connectivity index (χ1v) is 14.4. The minimum absolute atomic E-state index is 0.0235. The summed E-state index contributed by atoms with van der Waals surface area (Å²) in [6.07, 6.45) is 3.23. The van der Waals surface area contributed by atoms with Gasteiger partial charge < -0.3 is 20.6 Å². The number of urea groups is 1. The standard InChI is InChI=1S/C30H42N6O5/c1-19-10-9-13-21(16-19)31-29(41)36-15-14-35(28(40)23-18-24(30(2,3)4)33-34(23)5)27(36)26(39)32-22(17-25(37)38)20-11-7-6-8-12-20/h9-10,13,16,18,20,22,27H,6-8,11-12,14-15,17H2,1-5H3,(H,31,41)(H,32,39)(H,37,38). The number of amides is 4. The molecule has 1 aromatic carbocycles. The molecule has 4 rings (SSSR count). The molecule has 11 heteroatoms. The number of carboxylic acids is 1. The molecule has 1 saturated carbocycles. The van der Waals surface area contributed by atoms with E-state index in [-0.39, 0.29) is 30.8 Å². The maximum absolute atomic E-state index is 14.0. The Morgan fingerprint density at radius 1 is 1.05 bits per heavy atom.